The van der Waals surface area contributed by atoms with Crippen LogP contribution in [0.3, 0.4) is 0 Å². The van der Waals surface area contributed by atoms with Gasteiger partial charge in [0.1, 0.15) is 23.0 Å². The molecule has 3 aromatic rings. The fraction of sp³-hybridized carbons (Fsp3) is 0.361. The van der Waals surface area contributed by atoms with Crippen LogP contribution in [0, 0.1) is 23.4 Å². The lowest BCUT2D eigenvalue weighted by molar-refractivity contribution is -0.305. The minimum atomic E-state index is -5.23. The van der Waals surface area contributed by atoms with Crippen LogP contribution in [-0.2, 0) is 15.6 Å². The van der Waals surface area contributed by atoms with E-state index in [0.717, 1.165) is 49.7 Å². The van der Waals surface area contributed by atoms with E-state index in [4.69, 9.17) is 0 Å². The third kappa shape index (κ3) is 8.50. The van der Waals surface area contributed by atoms with Gasteiger partial charge in [0.25, 0.3) is 0 Å². The zero-order chi connectivity index (χ0) is 34.6. The Labute approximate surface area is 271 Å². The molecule has 1 saturated carbocycles. The number of hydrogen-bond donors (Lipinski definition) is 0. The van der Waals surface area contributed by atoms with Crippen molar-refractivity contribution in [1.29, 1.82) is 0 Å². The van der Waals surface area contributed by atoms with Gasteiger partial charge in [0, 0.05) is 17.3 Å². The summed E-state index contributed by atoms with van der Waals surface area (Å²) in [5.41, 5.74) is -0.485. The molecule has 1 heterocycles. The molecule has 2 aliphatic rings. The molecule has 0 radical (unpaired) electrons. The van der Waals surface area contributed by atoms with Crippen LogP contribution in [0.25, 0.3) is 22.4 Å². The minimum Gasteiger partial charge on any atom is -0.403 e. The van der Waals surface area contributed by atoms with Crippen molar-refractivity contribution in [2.24, 2.45) is 5.92 Å². The maximum atomic E-state index is 15.2. The Morgan fingerprint density at radius 1 is 0.854 bits per heavy atom. The molecule has 48 heavy (non-hydrogen) atoms. The number of ether oxygens (including phenoxy) is 2. The second-order valence-electron chi connectivity index (χ2n) is 11.9. The fourth-order valence-electron chi connectivity index (χ4n) is 6.20. The first-order chi connectivity index (χ1) is 22.7. The largest absolute Gasteiger partial charge is 0.573 e. The van der Waals surface area contributed by atoms with Crippen molar-refractivity contribution in [3.63, 3.8) is 0 Å². The van der Waals surface area contributed by atoms with Crippen LogP contribution in [0.1, 0.15) is 68.9 Å². The highest BCUT2D eigenvalue weighted by molar-refractivity contribution is 5.70. The van der Waals surface area contributed by atoms with Crippen LogP contribution < -0.4 is 0 Å². The van der Waals surface area contributed by atoms with Gasteiger partial charge in [-0.3, -0.25) is 4.98 Å². The predicted molar refractivity (Wildman–Crippen MR) is 162 cm³/mol. The summed E-state index contributed by atoms with van der Waals surface area (Å²) in [5.74, 6) is -6.21. The Hall–Kier alpha value is -4.06. The van der Waals surface area contributed by atoms with Gasteiger partial charge in [-0.25, -0.2) is 17.6 Å². The molecule has 0 N–H and O–H groups in total. The number of halogens is 9. The van der Waals surface area contributed by atoms with Crippen molar-refractivity contribution in [3.05, 3.63) is 113 Å². The molecule has 12 heteroatoms. The van der Waals surface area contributed by atoms with Crippen molar-refractivity contribution in [2.45, 2.75) is 76.4 Å². The molecule has 0 bridgehead atoms. The maximum Gasteiger partial charge on any atom is 0.573 e. The lowest BCUT2D eigenvalue weighted by Crippen LogP contribution is -2.28. The van der Waals surface area contributed by atoms with Crippen molar-refractivity contribution >= 4 is 0 Å². The number of hydrogen-bond acceptors (Lipinski definition) is 3. The summed E-state index contributed by atoms with van der Waals surface area (Å²) in [6.07, 6.45) is 1.11. The highest BCUT2D eigenvalue weighted by Crippen LogP contribution is 2.41. The zero-order valence-corrected chi connectivity index (χ0v) is 25.8. The normalized spacial score (nSPS) is 20.5. The molecule has 0 unspecified atom stereocenters. The van der Waals surface area contributed by atoms with E-state index in [1.165, 1.54) is 18.6 Å². The topological polar surface area (TPSA) is 31.4 Å². The average molecular weight is 682 g/mol. The molecule has 2 aromatic carbocycles. The van der Waals surface area contributed by atoms with E-state index in [-0.39, 0.29) is 17.2 Å². The monoisotopic (exact) mass is 681 g/mol. The molecular formula is C36H32F9NO2. The Bertz CT molecular complexity index is 1670. The lowest BCUT2D eigenvalue weighted by Gasteiger charge is -2.28. The van der Waals surface area contributed by atoms with E-state index < -0.39 is 59.6 Å². The van der Waals surface area contributed by atoms with Gasteiger partial charge in [-0.05, 0) is 111 Å². The van der Waals surface area contributed by atoms with Crippen LogP contribution >= 0.6 is 0 Å². The second kappa shape index (κ2) is 14.6. The highest BCUT2D eigenvalue weighted by Gasteiger charge is 2.43. The number of aromatic nitrogens is 1. The summed E-state index contributed by atoms with van der Waals surface area (Å²) in [6.45, 7) is 2.02. The van der Waals surface area contributed by atoms with Crippen molar-refractivity contribution < 1.29 is 49.0 Å². The van der Waals surface area contributed by atoms with Gasteiger partial charge in [-0.1, -0.05) is 30.4 Å². The van der Waals surface area contributed by atoms with Gasteiger partial charge in [-0.15, -0.1) is 13.2 Å². The molecule has 0 saturated heterocycles. The van der Waals surface area contributed by atoms with Crippen LogP contribution in [-0.4, -0.2) is 17.5 Å². The molecule has 0 spiro atoms. The summed E-state index contributed by atoms with van der Waals surface area (Å²) in [5, 5.41) is 0. The predicted octanol–water partition coefficient (Wildman–Crippen LogP) is 11.6. The van der Waals surface area contributed by atoms with Gasteiger partial charge < -0.3 is 9.47 Å². The summed E-state index contributed by atoms with van der Waals surface area (Å²) in [4.78, 5) is 4.51. The first kappa shape index (κ1) is 35.3. The molecule has 2 aliphatic carbocycles. The Balaban J connectivity index is 1.26. The van der Waals surface area contributed by atoms with Gasteiger partial charge in [-0.2, -0.15) is 8.78 Å². The van der Waals surface area contributed by atoms with Gasteiger partial charge >= 0.3 is 12.5 Å². The number of nitrogens with zero attached hydrogens (tertiary/aromatic N) is 1. The van der Waals surface area contributed by atoms with Crippen LogP contribution in [0.2, 0.25) is 0 Å². The van der Waals surface area contributed by atoms with E-state index in [2.05, 4.69) is 26.6 Å². The van der Waals surface area contributed by atoms with Gasteiger partial charge in [0.15, 0.2) is 11.6 Å². The smallest absolute Gasteiger partial charge is 0.403 e. The van der Waals surface area contributed by atoms with Gasteiger partial charge in [0.2, 0.25) is 0 Å². The molecule has 256 valence electrons. The Morgan fingerprint density at radius 3 is 2.12 bits per heavy atom. The number of alkyl halides is 5. The third-order valence-electron chi connectivity index (χ3n) is 8.62. The van der Waals surface area contributed by atoms with Crippen LogP contribution in [0.4, 0.5) is 39.5 Å². The van der Waals surface area contributed by atoms with Crippen molar-refractivity contribution in [1.82, 2.24) is 4.98 Å². The average Bonchev–Trinajstić information content (AvgIpc) is 3.01. The third-order valence-corrected chi connectivity index (χ3v) is 8.62. The first-order valence-electron chi connectivity index (χ1n) is 15.5. The summed E-state index contributed by atoms with van der Waals surface area (Å²) in [6, 6.07) is 8.62. The molecule has 0 amide bonds. The fourth-order valence-corrected chi connectivity index (χ4v) is 6.20. The molecule has 3 nitrogen and oxygen atoms in total. The minimum absolute atomic E-state index is 0.269. The molecule has 1 atom stereocenters. The van der Waals surface area contributed by atoms with E-state index >= 15 is 4.39 Å². The van der Waals surface area contributed by atoms with E-state index in [1.807, 2.05) is 13.0 Å². The summed E-state index contributed by atoms with van der Waals surface area (Å²) >= 11 is 0. The standard InChI is InChI=1S/C36H32F9NO2/c1-2-3-4-5-21-6-8-22(9-7-21)24-11-14-32(46-20-24)23-10-13-27(28(37)16-23)25-17-30(39)34(31(40)18-25)35(41,42)47-26-12-15-33(29(38)19-26)48-36(43,44)45/h2-3,10-11,13-22,26H,4-9,12H2,1H3/b3-2+/t21?,22?,26-/m1/s1. The van der Waals surface area contributed by atoms with Crippen molar-refractivity contribution in [3.8, 4) is 22.4 Å². The molecule has 5 rings (SSSR count). The Kier molecular flexibility index (Phi) is 10.7. The highest BCUT2D eigenvalue weighted by atomic mass is 19.4. The van der Waals surface area contributed by atoms with E-state index in [1.54, 1.807) is 12.3 Å². The lowest BCUT2D eigenvalue weighted by atomic mass is 9.77. The van der Waals surface area contributed by atoms with E-state index in [0.29, 0.717) is 35.4 Å². The number of allylic oxidation sites excluding steroid dienone is 3. The Morgan fingerprint density at radius 2 is 1.54 bits per heavy atom. The maximum absolute atomic E-state index is 15.2. The summed E-state index contributed by atoms with van der Waals surface area (Å²) in [7, 11) is 0. The zero-order valence-electron chi connectivity index (χ0n) is 25.8. The van der Waals surface area contributed by atoms with Crippen molar-refractivity contribution in [2.75, 3.05) is 0 Å². The van der Waals surface area contributed by atoms with Gasteiger partial charge in [0.05, 0.1) is 11.8 Å². The molecule has 1 fully saturated rings. The molecular weight excluding hydrogens is 649 g/mol. The summed E-state index contributed by atoms with van der Waals surface area (Å²) < 4.78 is 134. The molecule has 0 aliphatic heterocycles. The molecule has 1 aromatic heterocycles. The second-order valence-corrected chi connectivity index (χ2v) is 11.9. The number of rotatable bonds is 10. The number of pyridine rings is 1. The number of benzene rings is 2. The van der Waals surface area contributed by atoms with E-state index in [9.17, 15) is 35.1 Å². The SMILES string of the molecule is C/C=C/CCC1CCC(c2ccc(-c3ccc(-c4cc(F)c(C(F)(F)O[C@H]5C=C(F)C(OC(F)(F)F)=CC5)c(F)c4)c(F)c3)nc2)CC1. The quantitative estimate of drug-likeness (QED) is 0.158. The van der Waals surface area contributed by atoms with Crippen LogP contribution in [0.15, 0.2) is 84.6 Å². The first-order valence-corrected chi connectivity index (χ1v) is 15.5. The van der Waals surface area contributed by atoms with Crippen LogP contribution in [0.5, 0.6) is 0 Å².